The topological polar surface area (TPSA) is 118 Å². The third-order valence-corrected chi connectivity index (χ3v) is 4.16. The van der Waals surface area contributed by atoms with Crippen LogP contribution in [-0.4, -0.2) is 67.6 Å². The van der Waals surface area contributed by atoms with Gasteiger partial charge in [0.15, 0.2) is 0 Å². The largest absolute Gasteiger partial charge is 0.481 e. The molecule has 4 N–H and O–H groups in total. The predicted octanol–water partition coefficient (Wildman–Crippen LogP) is 1.17. The van der Waals surface area contributed by atoms with Crippen molar-refractivity contribution in [3.63, 3.8) is 0 Å². The SMILES string of the molecule is CC(CC(=O)O)C(=O)O.CC1(C)CC(O)CC(C)(C)N1CCO. The summed E-state index contributed by atoms with van der Waals surface area (Å²) in [6.45, 7) is 10.8. The quantitative estimate of drug-likeness (QED) is 0.596. The van der Waals surface area contributed by atoms with E-state index in [0.717, 1.165) is 12.8 Å². The lowest BCUT2D eigenvalue weighted by Gasteiger charge is -2.54. The minimum absolute atomic E-state index is 0.0239. The number of likely N-dealkylation sites (tertiary alicyclic amines) is 1. The minimum Gasteiger partial charge on any atom is -0.481 e. The van der Waals surface area contributed by atoms with Gasteiger partial charge in [-0.15, -0.1) is 0 Å². The molecule has 0 aromatic rings. The van der Waals surface area contributed by atoms with E-state index in [0.29, 0.717) is 6.54 Å². The summed E-state index contributed by atoms with van der Waals surface area (Å²) in [4.78, 5) is 22.1. The molecule has 0 amide bonds. The van der Waals surface area contributed by atoms with E-state index in [1.807, 2.05) is 0 Å². The molecule has 7 heteroatoms. The Kier molecular flexibility index (Phi) is 8.17. The van der Waals surface area contributed by atoms with Gasteiger partial charge in [0.05, 0.1) is 25.0 Å². The molecule has 1 atom stereocenters. The number of aliphatic carboxylic acids is 2. The van der Waals surface area contributed by atoms with E-state index in [2.05, 4.69) is 32.6 Å². The van der Waals surface area contributed by atoms with Crippen LogP contribution in [0.2, 0.25) is 0 Å². The number of aliphatic hydroxyl groups excluding tert-OH is 2. The summed E-state index contributed by atoms with van der Waals surface area (Å²) in [5.74, 6) is -2.94. The lowest BCUT2D eigenvalue weighted by Crippen LogP contribution is -2.62. The first kappa shape index (κ1) is 21.8. The number of carboxylic acids is 2. The average molecular weight is 333 g/mol. The van der Waals surface area contributed by atoms with E-state index in [-0.39, 0.29) is 30.2 Å². The fraction of sp³-hybridized carbons (Fsp3) is 0.875. The monoisotopic (exact) mass is 333 g/mol. The van der Waals surface area contributed by atoms with Gasteiger partial charge in [-0.25, -0.2) is 0 Å². The van der Waals surface area contributed by atoms with Gasteiger partial charge in [0.2, 0.25) is 0 Å². The van der Waals surface area contributed by atoms with Crippen molar-refractivity contribution in [2.24, 2.45) is 5.92 Å². The summed E-state index contributed by atoms with van der Waals surface area (Å²) >= 11 is 0. The van der Waals surface area contributed by atoms with Gasteiger partial charge in [0.25, 0.3) is 0 Å². The maximum atomic E-state index is 9.97. The van der Waals surface area contributed by atoms with E-state index in [1.165, 1.54) is 6.92 Å². The first-order valence-corrected chi connectivity index (χ1v) is 7.84. The van der Waals surface area contributed by atoms with Crippen molar-refractivity contribution in [1.82, 2.24) is 4.90 Å². The van der Waals surface area contributed by atoms with E-state index in [4.69, 9.17) is 15.3 Å². The Hall–Kier alpha value is -1.18. The van der Waals surface area contributed by atoms with Crippen molar-refractivity contribution in [3.05, 3.63) is 0 Å². The highest BCUT2D eigenvalue weighted by atomic mass is 16.4. The lowest BCUT2D eigenvalue weighted by molar-refractivity contribution is -0.147. The van der Waals surface area contributed by atoms with Crippen molar-refractivity contribution < 1.29 is 30.0 Å². The molecule has 0 aliphatic carbocycles. The van der Waals surface area contributed by atoms with Crippen LogP contribution in [0.15, 0.2) is 0 Å². The van der Waals surface area contributed by atoms with Crippen LogP contribution >= 0.6 is 0 Å². The van der Waals surface area contributed by atoms with Gasteiger partial charge in [0, 0.05) is 17.6 Å². The fourth-order valence-corrected chi connectivity index (χ4v) is 3.32. The molecule has 7 nitrogen and oxygen atoms in total. The average Bonchev–Trinajstić information content (AvgIpc) is 2.32. The zero-order valence-electron chi connectivity index (χ0n) is 14.7. The molecule has 1 aliphatic rings. The number of carboxylic acid groups (broad SMARTS) is 2. The molecule has 0 bridgehead atoms. The van der Waals surface area contributed by atoms with Crippen LogP contribution in [0.25, 0.3) is 0 Å². The summed E-state index contributed by atoms with van der Waals surface area (Å²) in [6, 6.07) is 0. The number of nitrogens with zero attached hydrogens (tertiary/aromatic N) is 1. The van der Waals surface area contributed by atoms with Crippen LogP contribution in [0.4, 0.5) is 0 Å². The standard InChI is InChI=1S/C11H23NO2.C5H8O4/c1-10(2)7-9(14)8-11(3,4)12(10)5-6-13;1-3(5(8)9)2-4(6)7/h9,13-14H,5-8H2,1-4H3;3H,2H2,1H3,(H,6,7)(H,8,9). The van der Waals surface area contributed by atoms with Crippen LogP contribution in [0.5, 0.6) is 0 Å². The van der Waals surface area contributed by atoms with E-state index < -0.39 is 17.9 Å². The van der Waals surface area contributed by atoms with Crippen LogP contribution in [0.1, 0.15) is 53.9 Å². The number of aliphatic hydroxyl groups is 2. The van der Waals surface area contributed by atoms with Crippen LogP contribution < -0.4 is 0 Å². The maximum Gasteiger partial charge on any atom is 0.306 e. The molecule has 0 aromatic heterocycles. The zero-order chi connectivity index (χ0) is 18.4. The molecule has 1 heterocycles. The third kappa shape index (κ3) is 7.28. The molecule has 0 saturated carbocycles. The Morgan fingerprint density at radius 2 is 1.57 bits per heavy atom. The van der Waals surface area contributed by atoms with Crippen LogP contribution in [0, 0.1) is 5.92 Å². The highest BCUT2D eigenvalue weighted by Crippen LogP contribution is 2.37. The number of β-amino-alcohol motifs (C(OH)–C–C–N with tert-alkyl or cyclic N) is 1. The van der Waals surface area contributed by atoms with Gasteiger partial charge >= 0.3 is 11.9 Å². The molecule has 0 aromatic carbocycles. The second kappa shape index (κ2) is 8.61. The Labute approximate surface area is 137 Å². The summed E-state index contributed by atoms with van der Waals surface area (Å²) in [7, 11) is 0. The summed E-state index contributed by atoms with van der Waals surface area (Å²) in [6.07, 6.45) is 1.05. The smallest absolute Gasteiger partial charge is 0.306 e. The van der Waals surface area contributed by atoms with E-state index >= 15 is 0 Å². The van der Waals surface area contributed by atoms with E-state index in [1.54, 1.807) is 0 Å². The molecular weight excluding hydrogens is 302 g/mol. The van der Waals surface area contributed by atoms with Crippen molar-refractivity contribution >= 4 is 11.9 Å². The second-order valence-electron chi connectivity index (χ2n) is 7.40. The predicted molar refractivity (Wildman–Crippen MR) is 86.2 cm³/mol. The molecule has 136 valence electrons. The molecule has 23 heavy (non-hydrogen) atoms. The zero-order valence-corrected chi connectivity index (χ0v) is 14.7. The minimum atomic E-state index is -1.08. The molecule has 1 aliphatic heterocycles. The number of carbonyl (C=O) groups is 2. The lowest BCUT2D eigenvalue weighted by atomic mass is 9.78. The van der Waals surface area contributed by atoms with Gasteiger partial charge in [0.1, 0.15) is 0 Å². The third-order valence-electron chi connectivity index (χ3n) is 4.16. The maximum absolute atomic E-state index is 9.97. The molecule has 1 rings (SSSR count). The number of hydrogen-bond donors (Lipinski definition) is 4. The van der Waals surface area contributed by atoms with Gasteiger partial charge in [-0.3, -0.25) is 14.5 Å². The number of piperidine rings is 1. The number of rotatable bonds is 5. The molecule has 1 unspecified atom stereocenters. The van der Waals surface area contributed by atoms with Gasteiger partial charge in [-0.1, -0.05) is 6.92 Å². The van der Waals surface area contributed by atoms with Crippen LogP contribution in [-0.2, 0) is 9.59 Å². The molecule has 0 radical (unpaired) electrons. The first-order valence-electron chi connectivity index (χ1n) is 7.84. The number of hydrogen-bond acceptors (Lipinski definition) is 5. The van der Waals surface area contributed by atoms with E-state index in [9.17, 15) is 14.7 Å². The van der Waals surface area contributed by atoms with Crippen molar-refractivity contribution in [2.75, 3.05) is 13.2 Å². The Morgan fingerprint density at radius 3 is 1.83 bits per heavy atom. The highest BCUT2D eigenvalue weighted by molar-refractivity contribution is 5.77. The summed E-state index contributed by atoms with van der Waals surface area (Å²) in [5, 5.41) is 35.1. The van der Waals surface area contributed by atoms with Crippen molar-refractivity contribution in [2.45, 2.75) is 71.1 Å². The summed E-state index contributed by atoms with van der Waals surface area (Å²) < 4.78 is 0. The van der Waals surface area contributed by atoms with Gasteiger partial charge in [-0.05, 0) is 40.5 Å². The summed E-state index contributed by atoms with van der Waals surface area (Å²) in [5.41, 5.74) is -0.0478. The second-order valence-corrected chi connectivity index (χ2v) is 7.40. The van der Waals surface area contributed by atoms with Crippen molar-refractivity contribution in [1.29, 1.82) is 0 Å². The normalized spacial score (nSPS) is 21.9. The van der Waals surface area contributed by atoms with Gasteiger partial charge < -0.3 is 20.4 Å². The molecular formula is C16H31NO6. The van der Waals surface area contributed by atoms with Gasteiger partial charge in [-0.2, -0.15) is 0 Å². The van der Waals surface area contributed by atoms with Crippen molar-refractivity contribution in [3.8, 4) is 0 Å². The van der Waals surface area contributed by atoms with Crippen LogP contribution in [0.3, 0.4) is 0 Å². The Bertz CT molecular complexity index is 389. The highest BCUT2D eigenvalue weighted by Gasteiger charge is 2.44. The molecule has 1 saturated heterocycles. The molecule has 0 spiro atoms. The molecule has 1 fully saturated rings. The first-order chi connectivity index (χ1) is 10.3. The Morgan fingerprint density at radius 1 is 1.13 bits per heavy atom. The Balaban J connectivity index is 0.000000468. The fourth-order valence-electron chi connectivity index (χ4n) is 3.32.